The van der Waals surface area contributed by atoms with E-state index in [2.05, 4.69) is 5.10 Å². The number of nitrogens with zero attached hydrogens (tertiary/aromatic N) is 1. The Bertz CT molecular complexity index is 519. The zero-order valence-corrected chi connectivity index (χ0v) is 12.9. The lowest BCUT2D eigenvalue weighted by Crippen LogP contribution is -1.92. The third-order valence-electron chi connectivity index (χ3n) is 2.14. The molecule has 6 heteroatoms. The fourth-order valence-electron chi connectivity index (χ4n) is 1.28. The summed E-state index contributed by atoms with van der Waals surface area (Å²) in [4.78, 5) is 2.07. The summed E-state index contributed by atoms with van der Waals surface area (Å²) in [5, 5.41) is 5.22. The standard InChI is InChI=1S/C13H10Cl2N2S2/c14-9-1-5-11(6-2-9)18-13(17-16)19-12-7-3-10(15)4-8-12/h1-8H,16H2. The van der Waals surface area contributed by atoms with Gasteiger partial charge in [0.1, 0.15) is 0 Å². The molecule has 2 rings (SSSR count). The SMILES string of the molecule is NN=C(Sc1ccc(Cl)cc1)Sc1ccc(Cl)cc1. The summed E-state index contributed by atoms with van der Waals surface area (Å²) in [5.74, 6) is 5.42. The van der Waals surface area contributed by atoms with Crippen LogP contribution in [0.4, 0.5) is 0 Å². The van der Waals surface area contributed by atoms with Gasteiger partial charge in [0.15, 0.2) is 4.38 Å². The van der Waals surface area contributed by atoms with Crippen molar-refractivity contribution >= 4 is 51.1 Å². The first-order valence-electron chi connectivity index (χ1n) is 5.32. The van der Waals surface area contributed by atoms with Crippen LogP contribution < -0.4 is 5.84 Å². The van der Waals surface area contributed by atoms with Crippen molar-refractivity contribution in [2.45, 2.75) is 9.79 Å². The van der Waals surface area contributed by atoms with E-state index in [9.17, 15) is 0 Å². The van der Waals surface area contributed by atoms with Crippen molar-refractivity contribution in [2.75, 3.05) is 0 Å². The molecule has 0 atom stereocenters. The maximum absolute atomic E-state index is 5.84. The average molecular weight is 329 g/mol. The molecule has 0 fully saturated rings. The van der Waals surface area contributed by atoms with Gasteiger partial charge >= 0.3 is 0 Å². The summed E-state index contributed by atoms with van der Waals surface area (Å²) < 4.78 is 0.754. The summed E-state index contributed by atoms with van der Waals surface area (Å²) in [5.41, 5.74) is 0. The zero-order valence-electron chi connectivity index (χ0n) is 9.72. The molecular formula is C13H10Cl2N2S2. The van der Waals surface area contributed by atoms with Gasteiger partial charge in [-0.2, -0.15) is 5.10 Å². The molecule has 0 saturated carbocycles. The number of nitrogens with two attached hydrogens (primary N) is 1. The van der Waals surface area contributed by atoms with Gasteiger partial charge in [0.25, 0.3) is 0 Å². The normalized spacial score (nSPS) is 10.2. The highest BCUT2D eigenvalue weighted by atomic mass is 35.5. The van der Waals surface area contributed by atoms with Crippen molar-refractivity contribution < 1.29 is 0 Å². The van der Waals surface area contributed by atoms with Gasteiger partial charge in [-0.15, -0.1) is 0 Å². The van der Waals surface area contributed by atoms with Crippen LogP contribution in [0.25, 0.3) is 0 Å². The van der Waals surface area contributed by atoms with Crippen LogP contribution in [0.3, 0.4) is 0 Å². The van der Waals surface area contributed by atoms with Gasteiger partial charge in [0.05, 0.1) is 0 Å². The van der Waals surface area contributed by atoms with Gasteiger partial charge in [-0.3, -0.25) is 0 Å². The van der Waals surface area contributed by atoms with Crippen molar-refractivity contribution in [1.82, 2.24) is 0 Å². The molecule has 0 heterocycles. The molecule has 0 spiro atoms. The van der Waals surface area contributed by atoms with Crippen LogP contribution in [0.5, 0.6) is 0 Å². The lowest BCUT2D eigenvalue weighted by molar-refractivity contribution is 1.27. The van der Waals surface area contributed by atoms with E-state index in [4.69, 9.17) is 29.0 Å². The molecule has 0 aromatic heterocycles. The molecule has 2 aromatic rings. The van der Waals surface area contributed by atoms with Crippen molar-refractivity contribution in [3.05, 3.63) is 58.6 Å². The lowest BCUT2D eigenvalue weighted by atomic mass is 10.4. The molecule has 0 saturated heterocycles. The van der Waals surface area contributed by atoms with Crippen LogP contribution in [-0.4, -0.2) is 4.38 Å². The number of halogens is 2. The summed E-state index contributed by atoms with van der Waals surface area (Å²) >= 11 is 14.7. The molecule has 0 unspecified atom stereocenters. The summed E-state index contributed by atoms with van der Waals surface area (Å²) in [7, 11) is 0. The third-order valence-corrected chi connectivity index (χ3v) is 4.72. The predicted octanol–water partition coefficient (Wildman–Crippen LogP) is 5.11. The number of benzene rings is 2. The highest BCUT2D eigenvalue weighted by molar-refractivity contribution is 8.38. The van der Waals surface area contributed by atoms with Crippen molar-refractivity contribution in [2.24, 2.45) is 10.9 Å². The van der Waals surface area contributed by atoms with Crippen LogP contribution in [0.1, 0.15) is 0 Å². The number of thioether (sulfide) groups is 2. The Morgan fingerprint density at radius 1 is 0.789 bits per heavy atom. The van der Waals surface area contributed by atoms with Gasteiger partial charge < -0.3 is 5.84 Å². The summed E-state index contributed by atoms with van der Waals surface area (Å²) in [6.45, 7) is 0. The largest absolute Gasteiger partial charge is 0.322 e. The molecule has 0 aliphatic heterocycles. The van der Waals surface area contributed by atoms with Gasteiger partial charge in [-0.1, -0.05) is 46.7 Å². The molecule has 2 nitrogen and oxygen atoms in total. The fourth-order valence-corrected chi connectivity index (χ4v) is 3.33. The average Bonchev–Trinajstić information content (AvgIpc) is 2.43. The number of hydrogen-bond donors (Lipinski definition) is 1. The topological polar surface area (TPSA) is 38.4 Å². The van der Waals surface area contributed by atoms with Gasteiger partial charge in [-0.05, 0) is 48.5 Å². The second-order valence-corrected chi connectivity index (χ2v) is 6.76. The molecule has 0 bridgehead atoms. The molecular weight excluding hydrogens is 319 g/mol. The Labute approximate surface area is 130 Å². The quantitative estimate of drug-likeness (QED) is 0.274. The number of rotatable bonds is 2. The Morgan fingerprint density at radius 3 is 1.47 bits per heavy atom. The van der Waals surface area contributed by atoms with E-state index in [1.807, 2.05) is 48.5 Å². The third kappa shape index (κ3) is 4.66. The Hall–Kier alpha value is -0.810. The van der Waals surface area contributed by atoms with Crippen LogP contribution in [-0.2, 0) is 0 Å². The molecule has 19 heavy (non-hydrogen) atoms. The van der Waals surface area contributed by atoms with Gasteiger partial charge in [0, 0.05) is 19.8 Å². The minimum atomic E-state index is 0.709. The van der Waals surface area contributed by atoms with E-state index in [1.165, 1.54) is 23.5 Å². The highest BCUT2D eigenvalue weighted by Gasteiger charge is 2.05. The molecule has 0 radical (unpaired) electrons. The van der Waals surface area contributed by atoms with Crippen LogP contribution >= 0.6 is 46.7 Å². The van der Waals surface area contributed by atoms with Crippen LogP contribution in [0.15, 0.2) is 63.4 Å². The molecule has 0 amide bonds. The second kappa shape index (κ2) is 7.10. The Balaban J connectivity index is 2.05. The van der Waals surface area contributed by atoms with Crippen LogP contribution in [0.2, 0.25) is 10.0 Å². The first kappa shape index (κ1) is 14.6. The van der Waals surface area contributed by atoms with E-state index in [-0.39, 0.29) is 0 Å². The molecule has 98 valence electrons. The second-order valence-electron chi connectivity index (χ2n) is 3.51. The van der Waals surface area contributed by atoms with E-state index in [0.717, 1.165) is 14.2 Å². The zero-order chi connectivity index (χ0) is 13.7. The van der Waals surface area contributed by atoms with E-state index in [1.54, 1.807) is 0 Å². The Morgan fingerprint density at radius 2 is 1.16 bits per heavy atom. The van der Waals surface area contributed by atoms with E-state index < -0.39 is 0 Å². The molecule has 2 aromatic carbocycles. The maximum Gasteiger partial charge on any atom is 0.159 e. The first-order chi connectivity index (χ1) is 9.17. The highest BCUT2D eigenvalue weighted by Crippen LogP contribution is 2.31. The number of hydrogen-bond acceptors (Lipinski definition) is 4. The smallest absolute Gasteiger partial charge is 0.159 e. The monoisotopic (exact) mass is 328 g/mol. The molecule has 0 aliphatic carbocycles. The van der Waals surface area contributed by atoms with E-state index >= 15 is 0 Å². The fraction of sp³-hybridized carbons (Fsp3) is 0. The summed E-state index contributed by atoms with van der Waals surface area (Å²) in [6, 6.07) is 15.1. The van der Waals surface area contributed by atoms with Crippen molar-refractivity contribution in [3.8, 4) is 0 Å². The van der Waals surface area contributed by atoms with Crippen LogP contribution in [0, 0.1) is 0 Å². The Kier molecular flexibility index (Phi) is 5.45. The summed E-state index contributed by atoms with van der Waals surface area (Å²) in [6.07, 6.45) is 0. The lowest BCUT2D eigenvalue weighted by Gasteiger charge is -2.05. The number of hydrazone groups is 1. The predicted molar refractivity (Wildman–Crippen MR) is 86.2 cm³/mol. The minimum absolute atomic E-state index is 0.709. The van der Waals surface area contributed by atoms with Gasteiger partial charge in [0.2, 0.25) is 0 Å². The molecule has 0 aliphatic rings. The maximum atomic E-state index is 5.84. The van der Waals surface area contributed by atoms with Gasteiger partial charge in [-0.25, -0.2) is 0 Å². The van der Waals surface area contributed by atoms with Crippen molar-refractivity contribution in [1.29, 1.82) is 0 Å². The minimum Gasteiger partial charge on any atom is -0.322 e. The van der Waals surface area contributed by atoms with Crippen molar-refractivity contribution in [3.63, 3.8) is 0 Å². The molecule has 2 N–H and O–H groups in total. The van der Waals surface area contributed by atoms with E-state index in [0.29, 0.717) is 10.0 Å². The first-order valence-corrected chi connectivity index (χ1v) is 7.71.